The first-order valence-electron chi connectivity index (χ1n) is 7.13. The zero-order valence-corrected chi connectivity index (χ0v) is 13.2. The molecule has 2 saturated heterocycles. The van der Waals surface area contributed by atoms with Crippen LogP contribution in [0.25, 0.3) is 0 Å². The second kappa shape index (κ2) is 5.37. The minimum Gasteiger partial charge on any atom is -0.371 e. The van der Waals surface area contributed by atoms with E-state index in [0.29, 0.717) is 23.7 Å². The van der Waals surface area contributed by atoms with Crippen molar-refractivity contribution in [2.75, 3.05) is 11.9 Å². The van der Waals surface area contributed by atoms with Crippen LogP contribution in [0, 0.1) is 0 Å². The lowest BCUT2D eigenvalue weighted by Crippen LogP contribution is -2.47. The van der Waals surface area contributed by atoms with Gasteiger partial charge >= 0.3 is 0 Å². The van der Waals surface area contributed by atoms with Crippen LogP contribution in [0.2, 0.25) is 0 Å². The van der Waals surface area contributed by atoms with Crippen molar-refractivity contribution in [3.8, 4) is 0 Å². The largest absolute Gasteiger partial charge is 0.371 e. The van der Waals surface area contributed by atoms with Gasteiger partial charge in [0, 0.05) is 35.2 Å². The van der Waals surface area contributed by atoms with Crippen LogP contribution in [0.1, 0.15) is 36.0 Å². The van der Waals surface area contributed by atoms with E-state index in [9.17, 15) is 4.79 Å². The molecule has 108 valence electrons. The summed E-state index contributed by atoms with van der Waals surface area (Å²) in [6.45, 7) is 0. The van der Waals surface area contributed by atoms with Crippen LogP contribution in [0.3, 0.4) is 0 Å². The van der Waals surface area contributed by atoms with E-state index in [4.69, 9.17) is 5.73 Å². The Bertz CT molecular complexity index is 522. The van der Waals surface area contributed by atoms with Crippen molar-refractivity contribution < 1.29 is 4.79 Å². The number of benzene rings is 1. The standard InChI is InChI=1S/C15H20BrN3O/c1-19(12-7-10-3-4-11(8-12)18-10)14-5-2-9(15(17)20)6-13(14)16/h2,5-6,10-12,18H,3-4,7-8H2,1H3,(H2,17,20). The number of anilines is 1. The Hall–Kier alpha value is -1.07. The predicted octanol–water partition coefficient (Wildman–Crippen LogP) is 2.27. The van der Waals surface area contributed by atoms with Crippen LogP contribution in [0.15, 0.2) is 22.7 Å². The summed E-state index contributed by atoms with van der Waals surface area (Å²) in [5.41, 5.74) is 6.98. The summed E-state index contributed by atoms with van der Waals surface area (Å²) >= 11 is 3.56. The van der Waals surface area contributed by atoms with Gasteiger partial charge in [0.1, 0.15) is 0 Å². The molecule has 20 heavy (non-hydrogen) atoms. The Morgan fingerprint density at radius 2 is 2.00 bits per heavy atom. The van der Waals surface area contributed by atoms with Crippen molar-refractivity contribution in [1.29, 1.82) is 0 Å². The van der Waals surface area contributed by atoms with Crippen LogP contribution in [-0.2, 0) is 0 Å². The lowest BCUT2D eigenvalue weighted by atomic mass is 9.98. The molecule has 1 amide bonds. The fourth-order valence-electron chi connectivity index (χ4n) is 3.49. The molecule has 0 saturated carbocycles. The molecule has 2 aliphatic heterocycles. The average molecular weight is 338 g/mol. The quantitative estimate of drug-likeness (QED) is 0.889. The molecule has 1 aromatic carbocycles. The highest BCUT2D eigenvalue weighted by molar-refractivity contribution is 9.10. The molecule has 2 bridgehead atoms. The topological polar surface area (TPSA) is 58.4 Å². The van der Waals surface area contributed by atoms with Gasteiger partial charge in [-0.25, -0.2) is 0 Å². The number of hydrogen-bond acceptors (Lipinski definition) is 3. The fraction of sp³-hybridized carbons (Fsp3) is 0.533. The molecular weight excluding hydrogens is 318 g/mol. The molecule has 0 spiro atoms. The van der Waals surface area contributed by atoms with Crippen molar-refractivity contribution in [3.63, 3.8) is 0 Å². The van der Waals surface area contributed by atoms with E-state index in [1.165, 1.54) is 25.7 Å². The molecule has 0 aliphatic carbocycles. The minimum atomic E-state index is -0.389. The number of piperidine rings is 1. The van der Waals surface area contributed by atoms with Crippen LogP contribution in [-0.4, -0.2) is 31.1 Å². The summed E-state index contributed by atoms with van der Waals surface area (Å²) in [5, 5.41) is 3.67. The number of carbonyl (C=O) groups is 1. The van der Waals surface area contributed by atoms with E-state index in [-0.39, 0.29) is 5.91 Å². The number of carbonyl (C=O) groups excluding carboxylic acids is 1. The van der Waals surface area contributed by atoms with Gasteiger partial charge in [0.2, 0.25) is 5.91 Å². The van der Waals surface area contributed by atoms with E-state index >= 15 is 0 Å². The zero-order valence-electron chi connectivity index (χ0n) is 11.6. The highest BCUT2D eigenvalue weighted by Crippen LogP contribution is 2.34. The second-order valence-corrected chi connectivity index (χ2v) is 6.76. The number of halogens is 1. The molecule has 0 aromatic heterocycles. The Balaban J connectivity index is 1.80. The summed E-state index contributed by atoms with van der Waals surface area (Å²) in [7, 11) is 2.14. The summed E-state index contributed by atoms with van der Waals surface area (Å²) in [5.74, 6) is -0.389. The van der Waals surface area contributed by atoms with E-state index in [1.54, 1.807) is 6.07 Å². The lowest BCUT2D eigenvalue weighted by Gasteiger charge is -2.37. The van der Waals surface area contributed by atoms with Gasteiger partial charge in [-0.1, -0.05) is 0 Å². The molecule has 2 aliphatic rings. The fourth-order valence-corrected chi connectivity index (χ4v) is 4.14. The summed E-state index contributed by atoms with van der Waals surface area (Å²) in [6, 6.07) is 7.49. The number of nitrogens with zero attached hydrogens (tertiary/aromatic N) is 1. The second-order valence-electron chi connectivity index (χ2n) is 5.90. The van der Waals surface area contributed by atoms with Crippen LogP contribution in [0.5, 0.6) is 0 Å². The minimum absolute atomic E-state index is 0.389. The number of hydrogen-bond donors (Lipinski definition) is 2. The van der Waals surface area contributed by atoms with E-state index in [0.717, 1.165) is 10.2 Å². The number of nitrogens with two attached hydrogens (primary N) is 1. The van der Waals surface area contributed by atoms with Crippen molar-refractivity contribution >= 4 is 27.5 Å². The van der Waals surface area contributed by atoms with Gasteiger partial charge in [-0.05, 0) is 59.8 Å². The SMILES string of the molecule is CN(c1ccc(C(N)=O)cc1Br)C1CC2CCC(C1)N2. The predicted molar refractivity (Wildman–Crippen MR) is 84.0 cm³/mol. The van der Waals surface area contributed by atoms with Gasteiger partial charge < -0.3 is 16.0 Å². The maximum Gasteiger partial charge on any atom is 0.248 e. The monoisotopic (exact) mass is 337 g/mol. The third-order valence-electron chi connectivity index (χ3n) is 4.61. The third kappa shape index (κ3) is 2.56. The zero-order chi connectivity index (χ0) is 14.3. The number of fused-ring (bicyclic) bond motifs is 2. The molecule has 3 N–H and O–H groups in total. The maximum atomic E-state index is 11.2. The van der Waals surface area contributed by atoms with Crippen molar-refractivity contribution in [2.45, 2.75) is 43.8 Å². The Labute approximate surface area is 127 Å². The smallest absolute Gasteiger partial charge is 0.248 e. The maximum absolute atomic E-state index is 11.2. The van der Waals surface area contributed by atoms with Crippen LogP contribution >= 0.6 is 15.9 Å². The number of rotatable bonds is 3. The summed E-state index contributed by atoms with van der Waals surface area (Å²) in [4.78, 5) is 13.5. The third-order valence-corrected chi connectivity index (χ3v) is 5.24. The Morgan fingerprint density at radius 1 is 1.35 bits per heavy atom. The molecule has 3 rings (SSSR count). The first-order chi connectivity index (χ1) is 9.54. The normalized spacial score (nSPS) is 28.4. The van der Waals surface area contributed by atoms with E-state index in [1.807, 2.05) is 12.1 Å². The van der Waals surface area contributed by atoms with Crippen molar-refractivity contribution in [1.82, 2.24) is 5.32 Å². The molecule has 2 atom stereocenters. The Kier molecular flexibility index (Phi) is 3.73. The van der Waals surface area contributed by atoms with Crippen molar-refractivity contribution in [2.24, 2.45) is 5.73 Å². The molecule has 4 nitrogen and oxygen atoms in total. The molecule has 1 aromatic rings. The van der Waals surface area contributed by atoms with E-state index < -0.39 is 0 Å². The molecule has 5 heteroatoms. The first-order valence-corrected chi connectivity index (χ1v) is 7.92. The van der Waals surface area contributed by atoms with Gasteiger partial charge in [0.05, 0.1) is 5.69 Å². The van der Waals surface area contributed by atoms with Gasteiger partial charge in [-0.2, -0.15) is 0 Å². The summed E-state index contributed by atoms with van der Waals surface area (Å²) < 4.78 is 0.933. The van der Waals surface area contributed by atoms with Gasteiger partial charge in [-0.3, -0.25) is 4.79 Å². The molecule has 0 radical (unpaired) electrons. The number of nitrogens with one attached hydrogen (secondary N) is 1. The molecular formula is C15H20BrN3O. The lowest BCUT2D eigenvalue weighted by molar-refractivity contribution is 0.100. The van der Waals surface area contributed by atoms with Gasteiger partial charge in [0.25, 0.3) is 0 Å². The number of amides is 1. The van der Waals surface area contributed by atoms with Crippen LogP contribution in [0.4, 0.5) is 5.69 Å². The van der Waals surface area contributed by atoms with Crippen LogP contribution < -0.4 is 16.0 Å². The highest BCUT2D eigenvalue weighted by Gasteiger charge is 2.35. The number of primary amides is 1. The first kappa shape index (κ1) is 13.9. The molecule has 2 fully saturated rings. The van der Waals surface area contributed by atoms with Gasteiger partial charge in [-0.15, -0.1) is 0 Å². The van der Waals surface area contributed by atoms with Gasteiger partial charge in [0.15, 0.2) is 0 Å². The molecule has 2 heterocycles. The van der Waals surface area contributed by atoms with Crippen molar-refractivity contribution in [3.05, 3.63) is 28.2 Å². The summed E-state index contributed by atoms with van der Waals surface area (Å²) in [6.07, 6.45) is 4.99. The molecule has 2 unspecified atom stereocenters. The highest BCUT2D eigenvalue weighted by atomic mass is 79.9. The Morgan fingerprint density at radius 3 is 2.55 bits per heavy atom. The van der Waals surface area contributed by atoms with E-state index in [2.05, 4.69) is 33.2 Å². The average Bonchev–Trinajstić information content (AvgIpc) is 2.76.